The number of halogens is 2. The second-order valence-electron chi connectivity index (χ2n) is 6.68. The third-order valence-electron chi connectivity index (χ3n) is 4.83. The number of anilines is 1. The second-order valence-corrected chi connectivity index (χ2v) is 8.77. The molecule has 1 aliphatic rings. The molecule has 0 aliphatic carbocycles. The maximum atomic E-state index is 12.0. The van der Waals surface area contributed by atoms with Gasteiger partial charge in [-0.15, -0.1) is 0 Å². The number of nitrogens with one attached hydrogen (secondary N) is 2. The van der Waals surface area contributed by atoms with Crippen LogP contribution in [0.25, 0.3) is 11.2 Å². The van der Waals surface area contributed by atoms with E-state index in [0.717, 1.165) is 5.56 Å². The van der Waals surface area contributed by atoms with Crippen molar-refractivity contribution in [2.45, 2.75) is 29.7 Å². The Labute approximate surface area is 190 Å². The number of likely N-dealkylation sites (N-methyl/N-ethyl adjacent to an activating group) is 1. The van der Waals surface area contributed by atoms with Gasteiger partial charge in [-0.05, 0) is 6.07 Å². The van der Waals surface area contributed by atoms with E-state index in [4.69, 9.17) is 27.9 Å². The summed E-state index contributed by atoms with van der Waals surface area (Å²) in [4.78, 5) is 25.0. The molecule has 0 unspecified atom stereocenters. The number of fused-ring (bicyclic) bond motifs is 1. The van der Waals surface area contributed by atoms with Crippen molar-refractivity contribution in [3.63, 3.8) is 0 Å². The number of amides is 1. The molecule has 1 saturated heterocycles. The summed E-state index contributed by atoms with van der Waals surface area (Å²) in [6.45, 7) is 0.383. The molecule has 1 aliphatic heterocycles. The zero-order valence-corrected chi connectivity index (χ0v) is 19.0. The molecule has 30 heavy (non-hydrogen) atoms. The molecule has 1 aromatic carbocycles. The van der Waals surface area contributed by atoms with E-state index in [1.54, 1.807) is 22.8 Å². The zero-order chi connectivity index (χ0) is 21.4. The van der Waals surface area contributed by atoms with Gasteiger partial charge in [0.05, 0.1) is 0 Å². The van der Waals surface area contributed by atoms with Crippen molar-refractivity contribution in [3.8, 4) is 0 Å². The van der Waals surface area contributed by atoms with E-state index >= 15 is 0 Å². The van der Waals surface area contributed by atoms with Crippen molar-refractivity contribution in [1.29, 1.82) is 0 Å². The molecule has 3 heterocycles. The number of ether oxygens (including phenoxy) is 1. The predicted molar refractivity (Wildman–Crippen MR) is 113 cm³/mol. The number of benzene rings is 1. The van der Waals surface area contributed by atoms with Gasteiger partial charge in [-0.2, -0.15) is 0 Å². The summed E-state index contributed by atoms with van der Waals surface area (Å²) < 4.78 is 6.97. The summed E-state index contributed by atoms with van der Waals surface area (Å²) in [6, 6.07) is 5.22. The first kappa shape index (κ1) is 21.3. The Morgan fingerprint density at radius 2 is 2.13 bits per heavy atom. The van der Waals surface area contributed by atoms with E-state index in [1.807, 2.05) is 0 Å². The monoisotopic (exact) mass is 510 g/mol. The van der Waals surface area contributed by atoms with E-state index in [0.29, 0.717) is 33.6 Å². The summed E-state index contributed by atoms with van der Waals surface area (Å²) in [5.74, 6) is 0.191. The van der Waals surface area contributed by atoms with E-state index in [2.05, 4.69) is 42.4 Å². The molecule has 12 heteroatoms. The molecule has 2 aromatic heterocycles. The number of aromatic nitrogens is 4. The van der Waals surface area contributed by atoms with Crippen LogP contribution in [0.5, 0.6) is 0 Å². The van der Waals surface area contributed by atoms with Gasteiger partial charge in [-0.1, -0.05) is 11.6 Å². The van der Waals surface area contributed by atoms with Crippen molar-refractivity contribution >= 4 is 62.9 Å². The fourth-order valence-corrected chi connectivity index (χ4v) is 4.39. The van der Waals surface area contributed by atoms with Crippen LogP contribution in [0, 0.1) is 0 Å². The molecule has 1 fully saturated rings. The predicted octanol–water partition coefficient (Wildman–Crippen LogP) is 1.71. The Morgan fingerprint density at radius 1 is 1.33 bits per heavy atom. The van der Waals surface area contributed by atoms with Crippen molar-refractivity contribution in [3.05, 3.63) is 46.5 Å². The Morgan fingerprint density at radius 3 is 2.90 bits per heavy atom. The number of rotatable bonds is 5. The van der Waals surface area contributed by atoms with Crippen molar-refractivity contribution in [1.82, 2.24) is 24.8 Å². The Kier molecular flexibility index (Phi) is 6.18. The van der Waals surface area contributed by atoms with Crippen LogP contribution in [0.4, 0.5) is 5.82 Å². The van der Waals surface area contributed by atoms with Gasteiger partial charge in [0.2, 0.25) is 0 Å². The number of aliphatic hydroxyl groups excluding tert-OH is 1. The average molecular weight is 511 g/mol. The van der Waals surface area contributed by atoms with Crippen LogP contribution in [0.1, 0.15) is 11.8 Å². The molecule has 4 rings (SSSR count). The van der Waals surface area contributed by atoms with E-state index in [9.17, 15) is 9.90 Å². The number of carbonyl (C=O) groups is 1. The van der Waals surface area contributed by atoms with Gasteiger partial charge < -0.3 is 0 Å². The zero-order valence-electron chi connectivity index (χ0n) is 15.7. The summed E-state index contributed by atoms with van der Waals surface area (Å²) in [5, 5.41) is 17.5. The molecular weight excluding hydrogens is 494 g/mol. The van der Waals surface area contributed by atoms with Crippen LogP contribution in [0.15, 0.2) is 30.9 Å². The number of hydrogen-bond donors (Lipinski definition) is 3. The van der Waals surface area contributed by atoms with Gasteiger partial charge in [-0.25, -0.2) is 0 Å². The van der Waals surface area contributed by atoms with Gasteiger partial charge in [0, 0.05) is 0 Å². The maximum absolute atomic E-state index is 12.0. The fraction of sp³-hybridized carbons (Fsp3) is 0.333. The Bertz CT molecular complexity index is 1100. The topological polar surface area (TPSA) is 114 Å². The molecule has 4 atom stereocenters. The van der Waals surface area contributed by atoms with Crippen molar-refractivity contribution in [2.24, 2.45) is 0 Å². The molecule has 3 aromatic rings. The third kappa shape index (κ3) is 3.88. The first-order valence-electron chi connectivity index (χ1n) is 8.99. The minimum absolute atomic E-state index is 0.304. The van der Waals surface area contributed by atoms with Gasteiger partial charge in [0.1, 0.15) is 0 Å². The van der Waals surface area contributed by atoms with Crippen LogP contribution in [-0.2, 0) is 16.1 Å². The molecule has 0 saturated carbocycles. The van der Waals surface area contributed by atoms with Crippen LogP contribution in [0.3, 0.4) is 0 Å². The van der Waals surface area contributed by atoms with Crippen molar-refractivity contribution < 1.29 is 14.6 Å². The van der Waals surface area contributed by atoms with Crippen LogP contribution in [0.2, 0.25) is 14.8 Å². The molecule has 3 N–H and O–H groups in total. The van der Waals surface area contributed by atoms with Crippen molar-refractivity contribution in [2.75, 3.05) is 12.4 Å². The summed E-state index contributed by atoms with van der Waals surface area (Å²) in [6.07, 6.45) is 0.365. The molecule has 2 radical (unpaired) electrons. The first-order chi connectivity index (χ1) is 14.4. The molecule has 156 valence electrons. The number of imidazole rings is 1. The quantitative estimate of drug-likeness (QED) is 0.447. The number of carbonyl (C=O) groups excluding carboxylic acids is 1. The minimum atomic E-state index is -0.929. The summed E-state index contributed by atoms with van der Waals surface area (Å²) in [5.41, 5.74) is 1.77. The third-order valence-corrected chi connectivity index (χ3v) is 6.64. The molecular formula is C18H17AsCl2N6O3. The van der Waals surface area contributed by atoms with Gasteiger partial charge >= 0.3 is 173 Å². The number of nitrogens with zero attached hydrogens (tertiary/aromatic N) is 4. The van der Waals surface area contributed by atoms with Crippen LogP contribution < -0.4 is 10.6 Å². The average Bonchev–Trinajstić information content (AvgIpc) is 3.30. The fourth-order valence-electron chi connectivity index (χ4n) is 3.27. The van der Waals surface area contributed by atoms with E-state index < -0.39 is 23.1 Å². The molecule has 0 spiro atoms. The van der Waals surface area contributed by atoms with E-state index in [-0.39, 0.29) is 5.91 Å². The molecule has 9 nitrogen and oxygen atoms in total. The normalized spacial score (nSPS) is 23.6. The Hall–Kier alpha value is -1.90. The van der Waals surface area contributed by atoms with Crippen LogP contribution in [-0.4, -0.2) is 66.6 Å². The van der Waals surface area contributed by atoms with Crippen LogP contribution >= 0.6 is 23.2 Å². The Balaban J connectivity index is 1.61. The number of hydrogen-bond acceptors (Lipinski definition) is 7. The second kappa shape index (κ2) is 8.69. The first-order valence-corrected chi connectivity index (χ1v) is 10.8. The molecule has 1 amide bonds. The van der Waals surface area contributed by atoms with Gasteiger partial charge in [0.15, 0.2) is 0 Å². The summed E-state index contributed by atoms with van der Waals surface area (Å²) >= 11 is 14.6. The number of aliphatic hydroxyl groups is 1. The summed E-state index contributed by atoms with van der Waals surface area (Å²) in [7, 11) is 1.52. The van der Waals surface area contributed by atoms with Gasteiger partial charge in [0.25, 0.3) is 0 Å². The standard InChI is InChI=1S/C18H17AsCl2N6O3/c1-22-17(29)14-11(19)13(28)18(30-14)27-7-26-12-15(24-6-25-16(12)27)23-5-8-4-9(20)2-3-10(8)21/h2-4,6-7,11,13-14,18,28H,5H2,1H3,(H,22,29)(H,23,24,25)/t11-,13-,14+,18+/m0/s1. The van der Waals surface area contributed by atoms with Gasteiger partial charge in [-0.3, -0.25) is 0 Å². The molecule has 0 bridgehead atoms. The SMILES string of the molecule is CNC(=O)[C@@H]1O[C@@H](n2cnc3c(NCc4cc(Cl)ccc4Cl)ncnc32)[C@@H](O)[C@@H]1[As]. The van der Waals surface area contributed by atoms with E-state index in [1.165, 1.54) is 19.7 Å².